The summed E-state index contributed by atoms with van der Waals surface area (Å²) in [5.74, 6) is 0.780. The van der Waals surface area contributed by atoms with Gasteiger partial charge in [0.25, 0.3) is 5.91 Å². The summed E-state index contributed by atoms with van der Waals surface area (Å²) in [5.41, 5.74) is 2.77. The second-order valence-electron chi connectivity index (χ2n) is 8.17. The fourth-order valence-corrected chi connectivity index (χ4v) is 4.12. The number of carbonyl (C=O) groups is 2. The van der Waals surface area contributed by atoms with E-state index in [1.54, 1.807) is 11.8 Å². The number of ether oxygens (including phenoxy) is 1. The number of hydrogen-bond acceptors (Lipinski definition) is 4. The molecule has 1 saturated heterocycles. The van der Waals surface area contributed by atoms with E-state index in [1.165, 1.54) is 12.8 Å². The number of carbonyl (C=O) groups excluding carboxylic acids is 2. The van der Waals surface area contributed by atoms with Gasteiger partial charge in [-0.15, -0.1) is 0 Å². The van der Waals surface area contributed by atoms with Crippen LogP contribution < -0.4 is 4.90 Å². The van der Waals surface area contributed by atoms with Crippen LogP contribution in [0, 0.1) is 5.92 Å². The van der Waals surface area contributed by atoms with Gasteiger partial charge < -0.3 is 19.4 Å². The molecule has 6 nitrogen and oxygen atoms in total. The monoisotopic (exact) mass is 371 g/mol. The van der Waals surface area contributed by atoms with Crippen LogP contribution in [0.1, 0.15) is 35.7 Å². The number of anilines is 1. The van der Waals surface area contributed by atoms with Crippen LogP contribution in [-0.4, -0.2) is 74.1 Å². The Labute approximate surface area is 161 Å². The molecule has 2 amide bonds. The minimum absolute atomic E-state index is 0.0572. The van der Waals surface area contributed by atoms with Crippen LogP contribution >= 0.6 is 0 Å². The van der Waals surface area contributed by atoms with Crippen molar-refractivity contribution in [2.24, 2.45) is 5.92 Å². The molecule has 3 aliphatic rings. The van der Waals surface area contributed by atoms with E-state index < -0.39 is 0 Å². The summed E-state index contributed by atoms with van der Waals surface area (Å²) >= 11 is 0. The first-order valence-electron chi connectivity index (χ1n) is 10.0. The molecule has 0 N–H and O–H groups in total. The standard InChI is InChI=1S/C21H29N3O3/c1-15(25)24-8-7-17-11-18(5-6-20(17)24)21(26)23(12-16-3-4-16)14-19-13-22(2)9-10-27-19/h5-6,11,16,19H,3-4,7-10,12-14H2,1-2H3. The molecule has 2 heterocycles. The number of amides is 2. The first kappa shape index (κ1) is 18.4. The molecular weight excluding hydrogens is 342 g/mol. The lowest BCUT2D eigenvalue weighted by Crippen LogP contribution is -2.48. The van der Waals surface area contributed by atoms with Crippen LogP contribution in [-0.2, 0) is 16.0 Å². The molecule has 2 aliphatic heterocycles. The third kappa shape index (κ3) is 4.17. The molecule has 0 spiro atoms. The van der Waals surface area contributed by atoms with Crippen LogP contribution in [0.3, 0.4) is 0 Å². The molecule has 2 fully saturated rings. The molecule has 1 aliphatic carbocycles. The summed E-state index contributed by atoms with van der Waals surface area (Å²) in [5, 5.41) is 0. The van der Waals surface area contributed by atoms with Gasteiger partial charge in [-0.3, -0.25) is 9.59 Å². The lowest BCUT2D eigenvalue weighted by molar-refractivity contribution is -0.116. The third-order valence-electron chi connectivity index (χ3n) is 5.83. The Kier molecular flexibility index (Phi) is 5.19. The highest BCUT2D eigenvalue weighted by molar-refractivity contribution is 5.98. The first-order valence-corrected chi connectivity index (χ1v) is 10.0. The molecule has 1 aromatic rings. The van der Waals surface area contributed by atoms with Crippen molar-refractivity contribution in [2.45, 2.75) is 32.3 Å². The average molecular weight is 371 g/mol. The fourth-order valence-electron chi connectivity index (χ4n) is 4.12. The number of likely N-dealkylation sites (N-methyl/N-ethyl adjacent to an activating group) is 1. The van der Waals surface area contributed by atoms with Gasteiger partial charge in [0.05, 0.1) is 12.7 Å². The summed E-state index contributed by atoms with van der Waals surface area (Å²) in [7, 11) is 2.10. The Bertz CT molecular complexity index is 731. The minimum Gasteiger partial charge on any atom is -0.374 e. The maximum Gasteiger partial charge on any atom is 0.253 e. The van der Waals surface area contributed by atoms with Gasteiger partial charge in [0, 0.05) is 50.9 Å². The third-order valence-corrected chi connectivity index (χ3v) is 5.83. The number of morpholine rings is 1. The van der Waals surface area contributed by atoms with E-state index in [2.05, 4.69) is 11.9 Å². The van der Waals surface area contributed by atoms with E-state index in [0.717, 1.165) is 49.5 Å². The van der Waals surface area contributed by atoms with Crippen LogP contribution in [0.5, 0.6) is 0 Å². The number of benzene rings is 1. The largest absolute Gasteiger partial charge is 0.374 e. The van der Waals surface area contributed by atoms with Crippen molar-refractivity contribution < 1.29 is 14.3 Å². The van der Waals surface area contributed by atoms with Gasteiger partial charge in [-0.1, -0.05) is 0 Å². The van der Waals surface area contributed by atoms with Crippen LogP contribution in [0.4, 0.5) is 5.69 Å². The average Bonchev–Trinajstić information content (AvgIpc) is 3.35. The summed E-state index contributed by atoms with van der Waals surface area (Å²) < 4.78 is 5.90. The zero-order valence-electron chi connectivity index (χ0n) is 16.3. The topological polar surface area (TPSA) is 53.1 Å². The Hall–Kier alpha value is -1.92. The van der Waals surface area contributed by atoms with E-state index in [9.17, 15) is 9.59 Å². The van der Waals surface area contributed by atoms with Crippen molar-refractivity contribution in [1.29, 1.82) is 0 Å². The molecule has 146 valence electrons. The first-order chi connectivity index (χ1) is 13.0. The number of fused-ring (bicyclic) bond motifs is 1. The van der Waals surface area contributed by atoms with E-state index in [1.807, 2.05) is 23.1 Å². The summed E-state index contributed by atoms with van der Waals surface area (Å²) in [6.45, 7) is 6.31. The Morgan fingerprint density at radius 3 is 2.74 bits per heavy atom. The van der Waals surface area contributed by atoms with Crippen LogP contribution in [0.2, 0.25) is 0 Å². The van der Waals surface area contributed by atoms with E-state index in [0.29, 0.717) is 19.0 Å². The SMILES string of the molecule is CC(=O)N1CCc2cc(C(=O)N(CC3CC3)CC3CN(C)CCO3)ccc21. The number of nitrogens with zero attached hydrogens (tertiary/aromatic N) is 3. The minimum atomic E-state index is 0.0572. The second kappa shape index (κ2) is 7.60. The molecule has 1 unspecified atom stereocenters. The molecular formula is C21H29N3O3. The highest BCUT2D eigenvalue weighted by atomic mass is 16.5. The lowest BCUT2D eigenvalue weighted by atomic mass is 10.1. The molecule has 1 saturated carbocycles. The maximum atomic E-state index is 13.3. The zero-order chi connectivity index (χ0) is 19.0. The zero-order valence-corrected chi connectivity index (χ0v) is 16.3. The van der Waals surface area contributed by atoms with E-state index in [4.69, 9.17) is 4.74 Å². The van der Waals surface area contributed by atoms with Gasteiger partial charge >= 0.3 is 0 Å². The molecule has 0 aromatic heterocycles. The molecule has 0 radical (unpaired) electrons. The predicted octanol–water partition coefficient (Wildman–Crippen LogP) is 1.78. The predicted molar refractivity (Wildman–Crippen MR) is 104 cm³/mol. The van der Waals surface area contributed by atoms with Gasteiger partial charge in [0.15, 0.2) is 0 Å². The van der Waals surface area contributed by atoms with Crippen molar-refractivity contribution in [3.8, 4) is 0 Å². The number of rotatable bonds is 5. The van der Waals surface area contributed by atoms with Gasteiger partial charge in [-0.2, -0.15) is 0 Å². The van der Waals surface area contributed by atoms with Crippen molar-refractivity contribution >= 4 is 17.5 Å². The summed E-state index contributed by atoms with van der Waals surface area (Å²) in [6, 6.07) is 5.78. The Morgan fingerprint density at radius 1 is 1.22 bits per heavy atom. The quantitative estimate of drug-likeness (QED) is 0.792. The molecule has 27 heavy (non-hydrogen) atoms. The van der Waals surface area contributed by atoms with Gasteiger partial charge in [-0.05, 0) is 56.0 Å². The van der Waals surface area contributed by atoms with Gasteiger partial charge in [0.2, 0.25) is 5.91 Å². The van der Waals surface area contributed by atoms with Gasteiger partial charge in [0.1, 0.15) is 0 Å². The Balaban J connectivity index is 1.50. The van der Waals surface area contributed by atoms with Crippen molar-refractivity contribution in [1.82, 2.24) is 9.80 Å². The van der Waals surface area contributed by atoms with Crippen molar-refractivity contribution in [2.75, 3.05) is 51.3 Å². The number of hydrogen-bond donors (Lipinski definition) is 0. The molecule has 4 rings (SSSR count). The van der Waals surface area contributed by atoms with Crippen molar-refractivity contribution in [3.05, 3.63) is 29.3 Å². The van der Waals surface area contributed by atoms with Gasteiger partial charge in [-0.25, -0.2) is 0 Å². The van der Waals surface area contributed by atoms with E-state index >= 15 is 0 Å². The van der Waals surface area contributed by atoms with Crippen molar-refractivity contribution in [3.63, 3.8) is 0 Å². The summed E-state index contributed by atoms with van der Waals surface area (Å²) in [6.07, 6.45) is 3.32. The highest BCUT2D eigenvalue weighted by Crippen LogP contribution is 2.32. The van der Waals surface area contributed by atoms with Crippen LogP contribution in [0.15, 0.2) is 18.2 Å². The van der Waals surface area contributed by atoms with Crippen LogP contribution in [0.25, 0.3) is 0 Å². The fraction of sp³-hybridized carbons (Fsp3) is 0.619. The Morgan fingerprint density at radius 2 is 2.04 bits per heavy atom. The molecule has 1 atom stereocenters. The second-order valence-corrected chi connectivity index (χ2v) is 8.17. The molecule has 0 bridgehead atoms. The highest BCUT2D eigenvalue weighted by Gasteiger charge is 2.31. The summed E-state index contributed by atoms with van der Waals surface area (Å²) in [4.78, 5) is 31.0. The normalized spacial score (nSPS) is 22.6. The molecule has 6 heteroatoms. The lowest BCUT2D eigenvalue weighted by Gasteiger charge is -2.34. The maximum absolute atomic E-state index is 13.3. The van der Waals surface area contributed by atoms with E-state index in [-0.39, 0.29) is 17.9 Å². The smallest absolute Gasteiger partial charge is 0.253 e. The molecule has 1 aromatic carbocycles.